The first kappa shape index (κ1) is 8.79. The minimum Gasteiger partial charge on any atom is -0.335 e. The van der Waals surface area contributed by atoms with Gasteiger partial charge in [-0.2, -0.15) is 0 Å². The van der Waals surface area contributed by atoms with Gasteiger partial charge in [0.2, 0.25) is 0 Å². The summed E-state index contributed by atoms with van der Waals surface area (Å²) in [7, 11) is 0. The molecule has 1 aromatic rings. The summed E-state index contributed by atoms with van der Waals surface area (Å²) in [5.41, 5.74) is 0. The Balaban J connectivity index is 1.96. The third kappa shape index (κ3) is 1.93. The highest BCUT2D eigenvalue weighted by Gasteiger charge is 2.18. The van der Waals surface area contributed by atoms with E-state index in [9.17, 15) is 0 Å². The van der Waals surface area contributed by atoms with E-state index in [-0.39, 0.29) is 0 Å². The van der Waals surface area contributed by atoms with E-state index in [1.165, 1.54) is 38.1 Å². The molecule has 0 aromatic carbocycles. The summed E-state index contributed by atoms with van der Waals surface area (Å²) in [6.45, 7) is 3.41. The second-order valence-corrected chi connectivity index (χ2v) is 4.04. The van der Waals surface area contributed by atoms with Crippen molar-refractivity contribution in [3.05, 3.63) is 18.2 Å². The Bertz CT molecular complexity index is 261. The molecular weight excluding hydrogens is 160 g/mol. The van der Waals surface area contributed by atoms with Gasteiger partial charge in [-0.3, -0.25) is 0 Å². The highest BCUT2D eigenvalue weighted by molar-refractivity contribution is 4.93. The monoisotopic (exact) mass is 178 g/mol. The van der Waals surface area contributed by atoms with Crippen molar-refractivity contribution in [2.45, 2.75) is 45.6 Å². The Kier molecular flexibility index (Phi) is 2.67. The smallest absolute Gasteiger partial charge is 0.108 e. The van der Waals surface area contributed by atoms with E-state index >= 15 is 0 Å². The summed E-state index contributed by atoms with van der Waals surface area (Å²) in [6, 6.07) is 0. The first-order chi connectivity index (χ1) is 6.40. The van der Waals surface area contributed by atoms with E-state index in [2.05, 4.69) is 22.7 Å². The topological polar surface area (TPSA) is 17.8 Å². The Labute approximate surface area is 80.0 Å². The van der Waals surface area contributed by atoms with Gasteiger partial charge >= 0.3 is 0 Å². The van der Waals surface area contributed by atoms with Crippen LogP contribution >= 0.6 is 0 Å². The molecule has 0 spiro atoms. The average Bonchev–Trinajstić information content (AvgIpc) is 2.46. The van der Waals surface area contributed by atoms with E-state index in [1.54, 1.807) is 0 Å². The highest BCUT2D eigenvalue weighted by atomic mass is 15.1. The van der Waals surface area contributed by atoms with Crippen LogP contribution in [0.4, 0.5) is 0 Å². The molecule has 1 heterocycles. The summed E-state index contributed by atoms with van der Waals surface area (Å²) in [5, 5.41) is 0. The van der Waals surface area contributed by atoms with E-state index in [4.69, 9.17) is 0 Å². The first-order valence-corrected chi connectivity index (χ1v) is 5.40. The van der Waals surface area contributed by atoms with Crippen molar-refractivity contribution in [2.24, 2.45) is 5.92 Å². The average molecular weight is 178 g/mol. The van der Waals surface area contributed by atoms with E-state index in [0.717, 1.165) is 12.3 Å². The lowest BCUT2D eigenvalue weighted by Crippen LogP contribution is -2.19. The van der Waals surface area contributed by atoms with Crippen LogP contribution in [0.2, 0.25) is 0 Å². The van der Waals surface area contributed by atoms with Gasteiger partial charge in [0.05, 0.1) is 0 Å². The zero-order chi connectivity index (χ0) is 9.10. The Morgan fingerprint density at radius 1 is 1.54 bits per heavy atom. The van der Waals surface area contributed by atoms with Gasteiger partial charge in [0, 0.05) is 25.4 Å². The lowest BCUT2D eigenvalue weighted by atomic mass is 9.85. The molecule has 0 aliphatic heterocycles. The first-order valence-electron chi connectivity index (χ1n) is 5.40. The van der Waals surface area contributed by atoms with Crippen molar-refractivity contribution in [1.82, 2.24) is 9.55 Å². The minimum absolute atomic E-state index is 0.935. The molecule has 0 saturated heterocycles. The summed E-state index contributed by atoms with van der Waals surface area (Å²) in [4.78, 5) is 4.38. The van der Waals surface area contributed by atoms with Gasteiger partial charge in [-0.05, 0) is 25.2 Å². The molecule has 13 heavy (non-hydrogen) atoms. The zero-order valence-corrected chi connectivity index (χ0v) is 8.37. The van der Waals surface area contributed by atoms with Crippen LogP contribution in [0.5, 0.6) is 0 Å². The van der Waals surface area contributed by atoms with Gasteiger partial charge in [-0.15, -0.1) is 0 Å². The van der Waals surface area contributed by atoms with Crippen molar-refractivity contribution >= 4 is 0 Å². The molecular formula is C11H18N2. The van der Waals surface area contributed by atoms with E-state index in [0.29, 0.717) is 0 Å². The number of hydrogen-bond donors (Lipinski definition) is 0. The maximum absolute atomic E-state index is 4.38. The fraction of sp³-hybridized carbons (Fsp3) is 0.727. The number of aromatic nitrogens is 2. The number of hydrogen-bond acceptors (Lipinski definition) is 1. The van der Waals surface area contributed by atoms with Crippen molar-refractivity contribution in [3.8, 4) is 0 Å². The van der Waals surface area contributed by atoms with Crippen LogP contribution < -0.4 is 0 Å². The molecule has 2 rings (SSSR count). The molecule has 0 unspecified atom stereocenters. The molecule has 2 nitrogen and oxygen atoms in total. The largest absolute Gasteiger partial charge is 0.335 e. The second kappa shape index (κ2) is 3.95. The maximum Gasteiger partial charge on any atom is 0.108 e. The third-order valence-corrected chi connectivity index (χ3v) is 2.95. The van der Waals surface area contributed by atoms with E-state index in [1.807, 2.05) is 6.20 Å². The van der Waals surface area contributed by atoms with Crippen LogP contribution in [0.25, 0.3) is 0 Å². The van der Waals surface area contributed by atoms with Crippen molar-refractivity contribution in [2.75, 3.05) is 0 Å². The number of rotatable bonds is 4. The van der Waals surface area contributed by atoms with Gasteiger partial charge in [0.1, 0.15) is 5.82 Å². The van der Waals surface area contributed by atoms with Crippen LogP contribution in [0.15, 0.2) is 12.4 Å². The lowest BCUT2D eigenvalue weighted by Gasteiger charge is -2.26. The highest BCUT2D eigenvalue weighted by Crippen LogP contribution is 2.28. The molecule has 0 N–H and O–H groups in total. The van der Waals surface area contributed by atoms with Gasteiger partial charge in [0.15, 0.2) is 0 Å². The third-order valence-electron chi connectivity index (χ3n) is 2.95. The van der Waals surface area contributed by atoms with Gasteiger partial charge in [-0.1, -0.05) is 13.3 Å². The molecule has 1 aliphatic rings. The maximum atomic E-state index is 4.38. The van der Waals surface area contributed by atoms with Gasteiger partial charge in [0.25, 0.3) is 0 Å². The molecule has 0 atom stereocenters. The normalized spacial score (nSPS) is 17.3. The molecule has 1 aliphatic carbocycles. The Morgan fingerprint density at radius 3 is 3.00 bits per heavy atom. The molecule has 1 saturated carbocycles. The van der Waals surface area contributed by atoms with Crippen LogP contribution in [0.1, 0.15) is 38.4 Å². The summed E-state index contributed by atoms with van der Waals surface area (Å²) >= 11 is 0. The van der Waals surface area contributed by atoms with Crippen LogP contribution in [0.3, 0.4) is 0 Å². The minimum atomic E-state index is 0.935. The molecule has 1 fully saturated rings. The second-order valence-electron chi connectivity index (χ2n) is 4.04. The number of nitrogens with zero attached hydrogens (tertiary/aromatic N) is 2. The molecule has 1 aromatic heterocycles. The van der Waals surface area contributed by atoms with Crippen LogP contribution in [0, 0.1) is 5.92 Å². The Morgan fingerprint density at radius 2 is 2.38 bits per heavy atom. The van der Waals surface area contributed by atoms with Crippen molar-refractivity contribution in [3.63, 3.8) is 0 Å². The standard InChI is InChI=1S/C11H18N2/c1-2-4-11-12-7-8-13(11)9-10-5-3-6-10/h7-8,10H,2-6,9H2,1H3. The predicted molar refractivity (Wildman–Crippen MR) is 53.6 cm³/mol. The summed E-state index contributed by atoms with van der Waals surface area (Å²) < 4.78 is 2.34. The van der Waals surface area contributed by atoms with Gasteiger partial charge < -0.3 is 4.57 Å². The predicted octanol–water partition coefficient (Wildman–Crippen LogP) is 2.64. The molecule has 72 valence electrons. The van der Waals surface area contributed by atoms with Crippen molar-refractivity contribution < 1.29 is 0 Å². The van der Waals surface area contributed by atoms with E-state index < -0.39 is 0 Å². The van der Waals surface area contributed by atoms with Gasteiger partial charge in [-0.25, -0.2) is 4.98 Å². The van der Waals surface area contributed by atoms with Crippen LogP contribution in [-0.4, -0.2) is 9.55 Å². The fourth-order valence-electron chi connectivity index (χ4n) is 1.91. The molecule has 2 heteroatoms. The lowest BCUT2D eigenvalue weighted by molar-refractivity contribution is 0.273. The fourth-order valence-corrected chi connectivity index (χ4v) is 1.91. The summed E-state index contributed by atoms with van der Waals surface area (Å²) in [5.74, 6) is 2.21. The SMILES string of the molecule is CCCc1nccn1CC1CCC1. The number of aryl methyl sites for hydroxylation is 1. The zero-order valence-electron chi connectivity index (χ0n) is 8.37. The van der Waals surface area contributed by atoms with Crippen LogP contribution in [-0.2, 0) is 13.0 Å². The van der Waals surface area contributed by atoms with Crippen molar-refractivity contribution in [1.29, 1.82) is 0 Å². The number of imidazole rings is 1. The summed E-state index contributed by atoms with van der Waals surface area (Å²) in [6.07, 6.45) is 10.7. The molecule has 0 radical (unpaired) electrons. The Hall–Kier alpha value is -0.790. The quantitative estimate of drug-likeness (QED) is 0.693. The molecule has 0 bridgehead atoms. The molecule has 0 amide bonds.